The molecular weight excluding hydrogens is 388 g/mol. The van der Waals surface area contributed by atoms with Gasteiger partial charge in [0.25, 0.3) is 0 Å². The zero-order valence-corrected chi connectivity index (χ0v) is 17.8. The maximum absolute atomic E-state index is 6.37. The van der Waals surface area contributed by atoms with E-state index >= 15 is 0 Å². The third kappa shape index (κ3) is 3.99. The van der Waals surface area contributed by atoms with Crippen molar-refractivity contribution in [2.24, 2.45) is 0 Å². The van der Waals surface area contributed by atoms with Gasteiger partial charge in [-0.1, -0.05) is 66.7 Å². The molecule has 4 aromatic rings. The quantitative estimate of drug-likeness (QED) is 0.452. The third-order valence-corrected chi connectivity index (χ3v) is 6.75. The molecule has 1 aliphatic rings. The number of fused-ring (bicyclic) bond motifs is 1. The molecule has 1 atom stereocenters. The van der Waals surface area contributed by atoms with Crippen molar-refractivity contribution in [2.45, 2.75) is 12.6 Å². The number of thiophene rings is 1. The average molecular weight is 415 g/mol. The van der Waals surface area contributed by atoms with E-state index in [1.54, 1.807) is 0 Å². The number of nitrogens with zero attached hydrogens (tertiary/aromatic N) is 1. The first-order valence-corrected chi connectivity index (χ1v) is 11.4. The Morgan fingerprint density at radius 1 is 0.833 bits per heavy atom. The number of hydrogen-bond donors (Lipinski definition) is 1. The molecule has 0 amide bonds. The van der Waals surface area contributed by atoms with E-state index in [1.165, 1.54) is 26.8 Å². The average Bonchev–Trinajstić information content (AvgIpc) is 3.24. The molecule has 2 heterocycles. The molecule has 152 valence electrons. The highest BCUT2D eigenvalue weighted by atomic mass is 32.1. The Labute approximate surface area is 181 Å². The summed E-state index contributed by atoms with van der Waals surface area (Å²) in [4.78, 5) is 2.59. The summed E-state index contributed by atoms with van der Waals surface area (Å²) in [6, 6.07) is 27.9. The Bertz CT molecular complexity index is 1100. The molecule has 3 aromatic carbocycles. The topological polar surface area (TPSA) is 24.5 Å². The van der Waals surface area contributed by atoms with Crippen molar-refractivity contribution in [1.29, 1.82) is 0 Å². The van der Waals surface area contributed by atoms with Crippen molar-refractivity contribution < 1.29 is 4.74 Å². The second-order valence-electron chi connectivity index (χ2n) is 7.69. The molecule has 0 saturated carbocycles. The van der Waals surface area contributed by atoms with Gasteiger partial charge in [0.1, 0.15) is 12.4 Å². The fraction of sp³-hybridized carbons (Fsp3) is 0.231. The first kappa shape index (κ1) is 19.3. The lowest BCUT2D eigenvalue weighted by atomic mass is 9.95. The predicted octanol–water partition coefficient (Wildman–Crippen LogP) is 5.47. The Kier molecular flexibility index (Phi) is 5.80. The molecule has 5 rings (SSSR count). The highest BCUT2D eigenvalue weighted by molar-refractivity contribution is 7.17. The van der Waals surface area contributed by atoms with Crippen LogP contribution in [-0.2, 0) is 6.61 Å². The molecule has 1 saturated heterocycles. The maximum Gasteiger partial charge on any atom is 0.124 e. The predicted molar refractivity (Wildman–Crippen MR) is 125 cm³/mol. The van der Waals surface area contributed by atoms with Crippen LogP contribution in [0.4, 0.5) is 0 Å². The van der Waals surface area contributed by atoms with E-state index in [4.69, 9.17) is 4.74 Å². The summed E-state index contributed by atoms with van der Waals surface area (Å²) >= 11 is 1.83. The van der Waals surface area contributed by atoms with Crippen molar-refractivity contribution in [3.63, 3.8) is 0 Å². The minimum absolute atomic E-state index is 0.190. The van der Waals surface area contributed by atoms with E-state index in [1.807, 2.05) is 17.4 Å². The van der Waals surface area contributed by atoms with Gasteiger partial charge in [-0.15, -0.1) is 11.3 Å². The van der Waals surface area contributed by atoms with Crippen LogP contribution >= 0.6 is 11.3 Å². The van der Waals surface area contributed by atoms with Crippen molar-refractivity contribution >= 4 is 21.4 Å². The van der Waals surface area contributed by atoms with Gasteiger partial charge in [-0.05, 0) is 34.0 Å². The second kappa shape index (κ2) is 9.00. The van der Waals surface area contributed by atoms with Gasteiger partial charge in [0, 0.05) is 36.4 Å². The minimum atomic E-state index is 0.190. The smallest absolute Gasteiger partial charge is 0.124 e. The highest BCUT2D eigenvalue weighted by Crippen LogP contribution is 2.40. The number of ether oxygens (including phenoxy) is 1. The number of para-hydroxylation sites is 1. The van der Waals surface area contributed by atoms with Crippen molar-refractivity contribution in [3.8, 4) is 5.75 Å². The van der Waals surface area contributed by atoms with Gasteiger partial charge in [-0.25, -0.2) is 0 Å². The molecule has 1 unspecified atom stereocenters. The van der Waals surface area contributed by atoms with Crippen LogP contribution < -0.4 is 10.1 Å². The van der Waals surface area contributed by atoms with Gasteiger partial charge in [0.2, 0.25) is 0 Å². The molecule has 0 aliphatic carbocycles. The first-order valence-electron chi connectivity index (χ1n) is 10.6. The maximum atomic E-state index is 6.37. The summed E-state index contributed by atoms with van der Waals surface area (Å²) in [5, 5.41) is 7.18. The van der Waals surface area contributed by atoms with Crippen LogP contribution in [0.25, 0.3) is 10.1 Å². The lowest BCUT2D eigenvalue weighted by Gasteiger charge is -2.36. The first-order chi connectivity index (χ1) is 14.9. The Balaban J connectivity index is 1.55. The number of hydrogen-bond acceptors (Lipinski definition) is 4. The minimum Gasteiger partial charge on any atom is -0.489 e. The summed E-state index contributed by atoms with van der Waals surface area (Å²) in [5.74, 6) is 0.972. The van der Waals surface area contributed by atoms with Crippen LogP contribution in [0, 0.1) is 0 Å². The summed E-state index contributed by atoms with van der Waals surface area (Å²) < 4.78 is 7.71. The summed E-state index contributed by atoms with van der Waals surface area (Å²) in [5.41, 5.74) is 3.82. The normalized spacial score (nSPS) is 15.9. The SMILES string of the molecule is c1ccc(COc2ccccc2C(c2csc3ccccc23)N2CCNCC2)cc1. The molecule has 0 radical (unpaired) electrons. The zero-order chi connectivity index (χ0) is 20.2. The van der Waals surface area contributed by atoms with Gasteiger partial charge in [-0.2, -0.15) is 0 Å². The van der Waals surface area contributed by atoms with Gasteiger partial charge in [0.05, 0.1) is 6.04 Å². The van der Waals surface area contributed by atoms with E-state index in [9.17, 15) is 0 Å². The van der Waals surface area contributed by atoms with Gasteiger partial charge in [-0.3, -0.25) is 4.90 Å². The van der Waals surface area contributed by atoms with E-state index in [2.05, 4.69) is 88.4 Å². The Morgan fingerprint density at radius 3 is 2.43 bits per heavy atom. The van der Waals surface area contributed by atoms with Crippen LogP contribution in [0.5, 0.6) is 5.75 Å². The van der Waals surface area contributed by atoms with Crippen molar-refractivity contribution in [1.82, 2.24) is 10.2 Å². The van der Waals surface area contributed by atoms with Crippen LogP contribution in [0.3, 0.4) is 0 Å². The number of piperazine rings is 1. The fourth-order valence-electron chi connectivity index (χ4n) is 4.28. The van der Waals surface area contributed by atoms with E-state index < -0.39 is 0 Å². The largest absolute Gasteiger partial charge is 0.489 e. The van der Waals surface area contributed by atoms with E-state index in [0.717, 1.165) is 31.9 Å². The van der Waals surface area contributed by atoms with Crippen LogP contribution in [0.15, 0.2) is 84.2 Å². The molecule has 1 aromatic heterocycles. The number of rotatable bonds is 6. The lowest BCUT2D eigenvalue weighted by molar-refractivity contribution is 0.194. The van der Waals surface area contributed by atoms with Crippen molar-refractivity contribution in [2.75, 3.05) is 26.2 Å². The zero-order valence-electron chi connectivity index (χ0n) is 17.0. The van der Waals surface area contributed by atoms with E-state index in [-0.39, 0.29) is 6.04 Å². The summed E-state index contributed by atoms with van der Waals surface area (Å²) in [6.07, 6.45) is 0. The van der Waals surface area contributed by atoms with Crippen LogP contribution in [-0.4, -0.2) is 31.1 Å². The summed E-state index contributed by atoms with van der Waals surface area (Å²) in [6.45, 7) is 4.68. The molecule has 3 nitrogen and oxygen atoms in total. The molecule has 30 heavy (non-hydrogen) atoms. The Morgan fingerprint density at radius 2 is 1.57 bits per heavy atom. The molecule has 1 aliphatic heterocycles. The van der Waals surface area contributed by atoms with Crippen LogP contribution in [0.1, 0.15) is 22.7 Å². The second-order valence-corrected chi connectivity index (χ2v) is 8.60. The fourth-order valence-corrected chi connectivity index (χ4v) is 5.26. The third-order valence-electron chi connectivity index (χ3n) is 5.77. The molecule has 1 N–H and O–H groups in total. The van der Waals surface area contributed by atoms with E-state index in [0.29, 0.717) is 6.61 Å². The van der Waals surface area contributed by atoms with Crippen molar-refractivity contribution in [3.05, 3.63) is 101 Å². The highest BCUT2D eigenvalue weighted by Gasteiger charge is 2.28. The Hall–Kier alpha value is -2.66. The molecule has 0 bridgehead atoms. The molecule has 4 heteroatoms. The van der Waals surface area contributed by atoms with Gasteiger partial charge < -0.3 is 10.1 Å². The van der Waals surface area contributed by atoms with Gasteiger partial charge >= 0.3 is 0 Å². The molecule has 1 fully saturated rings. The monoisotopic (exact) mass is 414 g/mol. The van der Waals surface area contributed by atoms with Crippen LogP contribution in [0.2, 0.25) is 0 Å². The molecular formula is C26H26N2OS. The summed E-state index contributed by atoms with van der Waals surface area (Å²) in [7, 11) is 0. The number of benzene rings is 3. The van der Waals surface area contributed by atoms with Gasteiger partial charge in [0.15, 0.2) is 0 Å². The molecule has 0 spiro atoms. The standard InChI is InChI=1S/C26H26N2OS/c1-2-8-20(9-3-1)18-29-24-12-6-4-11-22(24)26(28-16-14-27-15-17-28)23-19-30-25-13-7-5-10-21(23)25/h1-13,19,26-27H,14-18H2. The lowest BCUT2D eigenvalue weighted by Crippen LogP contribution is -2.45. The number of nitrogens with one attached hydrogen (secondary N) is 1.